The minimum Gasteiger partial charge on any atom is -0.312 e. The number of Topliss-reactive ketones (excluding diaryl/α,β-unsaturated/α-hetero) is 2. The second-order valence-corrected chi connectivity index (χ2v) is 10.6. The van der Waals surface area contributed by atoms with E-state index in [9.17, 15) is 14.4 Å². The summed E-state index contributed by atoms with van der Waals surface area (Å²) in [6, 6.07) is 7.60. The smallest absolute Gasteiger partial charge is 0.227 e. The average molecular weight is 426 g/mol. The van der Waals surface area contributed by atoms with Gasteiger partial charge in [0.05, 0.1) is 6.54 Å². The molecule has 30 heavy (non-hydrogen) atoms. The lowest BCUT2D eigenvalue weighted by molar-refractivity contribution is -0.152. The number of carbonyl (C=O) groups is 3. The molecule has 5 atom stereocenters. The van der Waals surface area contributed by atoms with Crippen molar-refractivity contribution in [2.24, 2.45) is 28.6 Å². The molecule has 1 saturated heterocycles. The maximum atomic E-state index is 13.5. The standard InChI is InChI=1S/C25H28ClNO3/c1-24-12-11-22(30)27(14-15-3-5-16(26)6-4-15)20(24)9-7-17-18-8-10-21(29)25(18,2)13-19(28)23(17)24/h3-6,9,17-18,23H,7-8,10-14H2,1-2H3/t17?,18-,23+,24-,25?/m0/s1. The molecule has 5 rings (SSSR count). The van der Waals surface area contributed by atoms with Crippen LogP contribution >= 0.6 is 11.6 Å². The number of benzene rings is 1. The number of nitrogens with zero attached hydrogens (tertiary/aromatic N) is 1. The molecule has 2 unspecified atom stereocenters. The molecule has 0 aromatic heterocycles. The highest BCUT2D eigenvalue weighted by molar-refractivity contribution is 6.30. The summed E-state index contributed by atoms with van der Waals surface area (Å²) >= 11 is 6.02. The first kappa shape index (κ1) is 20.0. The molecule has 0 N–H and O–H groups in total. The minimum atomic E-state index is -0.479. The number of rotatable bonds is 2. The van der Waals surface area contributed by atoms with Gasteiger partial charge in [-0.05, 0) is 48.8 Å². The molecule has 0 bridgehead atoms. The van der Waals surface area contributed by atoms with Crippen LogP contribution in [0.3, 0.4) is 0 Å². The van der Waals surface area contributed by atoms with Gasteiger partial charge >= 0.3 is 0 Å². The van der Waals surface area contributed by atoms with E-state index in [4.69, 9.17) is 11.6 Å². The lowest BCUT2D eigenvalue weighted by atomic mass is 9.49. The van der Waals surface area contributed by atoms with Crippen molar-refractivity contribution < 1.29 is 14.4 Å². The fourth-order valence-electron chi connectivity index (χ4n) is 7.01. The van der Waals surface area contributed by atoms with E-state index >= 15 is 0 Å². The Labute approximate surface area is 182 Å². The van der Waals surface area contributed by atoms with Crippen molar-refractivity contribution in [3.05, 3.63) is 46.6 Å². The summed E-state index contributed by atoms with van der Waals surface area (Å²) in [5.41, 5.74) is 1.22. The fraction of sp³-hybridized carbons (Fsp3) is 0.560. The van der Waals surface area contributed by atoms with Gasteiger partial charge in [-0.3, -0.25) is 14.4 Å². The molecule has 0 radical (unpaired) electrons. The first-order chi connectivity index (χ1) is 14.2. The van der Waals surface area contributed by atoms with Gasteiger partial charge in [0.25, 0.3) is 0 Å². The number of carbonyl (C=O) groups excluding carboxylic acids is 3. The van der Waals surface area contributed by atoms with Gasteiger partial charge in [-0.25, -0.2) is 0 Å². The number of likely N-dealkylation sites (tertiary alicyclic amines) is 1. The monoisotopic (exact) mass is 425 g/mol. The molecule has 4 aliphatic rings. The lowest BCUT2D eigenvalue weighted by Gasteiger charge is -2.56. The lowest BCUT2D eigenvalue weighted by Crippen LogP contribution is -2.57. The summed E-state index contributed by atoms with van der Waals surface area (Å²) in [5.74, 6) is 1.01. The van der Waals surface area contributed by atoms with Gasteiger partial charge in [0.2, 0.25) is 5.91 Å². The average Bonchev–Trinajstić information content (AvgIpc) is 3.00. The van der Waals surface area contributed by atoms with Gasteiger partial charge in [0, 0.05) is 46.7 Å². The topological polar surface area (TPSA) is 54.5 Å². The number of allylic oxidation sites excluding steroid dienone is 2. The van der Waals surface area contributed by atoms with Crippen molar-refractivity contribution in [2.75, 3.05) is 0 Å². The van der Waals surface area contributed by atoms with Crippen molar-refractivity contribution in [1.29, 1.82) is 0 Å². The number of halogens is 1. The molecular weight excluding hydrogens is 398 g/mol. The van der Waals surface area contributed by atoms with E-state index in [0.717, 1.165) is 24.1 Å². The van der Waals surface area contributed by atoms with E-state index in [1.54, 1.807) is 0 Å². The molecule has 1 amide bonds. The van der Waals surface area contributed by atoms with E-state index < -0.39 is 5.41 Å². The molecule has 1 heterocycles. The maximum Gasteiger partial charge on any atom is 0.227 e. The third kappa shape index (κ3) is 2.76. The SMILES string of the molecule is CC12CC(=O)[C@H]3C(CC=C4N(Cc5ccc(Cl)cc5)C(=O)CC[C@@]43C)[C@@H]1CCC2=O. The van der Waals surface area contributed by atoms with Crippen molar-refractivity contribution in [1.82, 2.24) is 4.90 Å². The zero-order valence-electron chi connectivity index (χ0n) is 17.6. The highest BCUT2D eigenvalue weighted by Gasteiger charge is 2.62. The molecule has 1 aliphatic heterocycles. The third-order valence-corrected chi connectivity index (χ3v) is 8.78. The largest absolute Gasteiger partial charge is 0.312 e. The maximum absolute atomic E-state index is 13.5. The normalized spacial score (nSPS) is 38.1. The van der Waals surface area contributed by atoms with E-state index in [-0.39, 0.29) is 40.6 Å². The van der Waals surface area contributed by atoms with Crippen LogP contribution in [0.5, 0.6) is 0 Å². The number of fused-ring (bicyclic) bond motifs is 5. The van der Waals surface area contributed by atoms with Crippen LogP contribution in [0.15, 0.2) is 36.0 Å². The van der Waals surface area contributed by atoms with Gasteiger partial charge in [0.15, 0.2) is 0 Å². The molecule has 3 fully saturated rings. The van der Waals surface area contributed by atoms with Crippen LogP contribution in [-0.4, -0.2) is 22.4 Å². The Morgan fingerprint density at radius 1 is 1.07 bits per heavy atom. The van der Waals surface area contributed by atoms with Crippen molar-refractivity contribution in [2.45, 2.75) is 58.9 Å². The predicted octanol–water partition coefficient (Wildman–Crippen LogP) is 4.95. The second kappa shape index (κ2) is 6.78. The first-order valence-electron chi connectivity index (χ1n) is 11.1. The van der Waals surface area contributed by atoms with Gasteiger partial charge in [-0.2, -0.15) is 0 Å². The summed E-state index contributed by atoms with van der Waals surface area (Å²) in [7, 11) is 0. The Hall–Kier alpha value is -1.94. The highest BCUT2D eigenvalue weighted by atomic mass is 35.5. The number of piperidine rings is 1. The molecule has 4 nitrogen and oxygen atoms in total. The quantitative estimate of drug-likeness (QED) is 0.673. The predicted molar refractivity (Wildman–Crippen MR) is 114 cm³/mol. The second-order valence-electron chi connectivity index (χ2n) is 10.1. The van der Waals surface area contributed by atoms with Crippen molar-refractivity contribution >= 4 is 29.1 Å². The summed E-state index contributed by atoms with van der Waals surface area (Å²) in [5, 5.41) is 0.676. The molecule has 0 spiro atoms. The minimum absolute atomic E-state index is 0.0951. The van der Waals surface area contributed by atoms with Crippen LogP contribution in [0, 0.1) is 28.6 Å². The summed E-state index contributed by atoms with van der Waals surface area (Å²) in [6.07, 6.45) is 6.02. The third-order valence-electron chi connectivity index (χ3n) is 8.53. The van der Waals surface area contributed by atoms with Gasteiger partial charge in [0.1, 0.15) is 11.6 Å². The molecule has 2 saturated carbocycles. The van der Waals surface area contributed by atoms with Crippen LogP contribution < -0.4 is 0 Å². The highest BCUT2D eigenvalue weighted by Crippen LogP contribution is 2.62. The Balaban J connectivity index is 1.52. The van der Waals surface area contributed by atoms with E-state index in [0.29, 0.717) is 37.3 Å². The van der Waals surface area contributed by atoms with Crippen molar-refractivity contribution in [3.63, 3.8) is 0 Å². The Morgan fingerprint density at radius 3 is 2.53 bits per heavy atom. The van der Waals surface area contributed by atoms with Crippen LogP contribution in [0.25, 0.3) is 0 Å². The van der Waals surface area contributed by atoms with Crippen LogP contribution in [0.4, 0.5) is 0 Å². The van der Waals surface area contributed by atoms with E-state index in [2.05, 4.69) is 13.0 Å². The Bertz CT molecular complexity index is 967. The molecular formula is C25H28ClNO3. The molecule has 1 aromatic rings. The molecule has 5 heteroatoms. The van der Waals surface area contributed by atoms with Gasteiger partial charge < -0.3 is 4.90 Å². The fourth-order valence-corrected chi connectivity index (χ4v) is 7.13. The molecule has 3 aliphatic carbocycles. The summed E-state index contributed by atoms with van der Waals surface area (Å²) in [6.45, 7) is 4.69. The van der Waals surface area contributed by atoms with Crippen molar-refractivity contribution in [3.8, 4) is 0 Å². The summed E-state index contributed by atoms with van der Waals surface area (Å²) < 4.78 is 0. The molecule has 158 valence electrons. The van der Waals surface area contributed by atoms with E-state index in [1.165, 1.54) is 0 Å². The van der Waals surface area contributed by atoms with Crippen LogP contribution in [0.1, 0.15) is 57.9 Å². The first-order valence-corrected chi connectivity index (χ1v) is 11.4. The number of hydrogen-bond acceptors (Lipinski definition) is 3. The zero-order valence-corrected chi connectivity index (χ0v) is 18.4. The van der Waals surface area contributed by atoms with E-state index in [1.807, 2.05) is 36.1 Å². The summed E-state index contributed by atoms with van der Waals surface area (Å²) in [4.78, 5) is 40.9. The van der Waals surface area contributed by atoms with Crippen LogP contribution in [-0.2, 0) is 20.9 Å². The van der Waals surface area contributed by atoms with Gasteiger partial charge in [-0.1, -0.05) is 43.7 Å². The van der Waals surface area contributed by atoms with Gasteiger partial charge in [-0.15, -0.1) is 0 Å². The van der Waals surface area contributed by atoms with Crippen LogP contribution in [0.2, 0.25) is 5.02 Å². The Kier molecular flexibility index (Phi) is 4.52. The molecule has 1 aromatic carbocycles. The Morgan fingerprint density at radius 2 is 1.80 bits per heavy atom. The number of hydrogen-bond donors (Lipinski definition) is 0. The number of amides is 1. The zero-order chi connectivity index (χ0) is 21.3. The number of ketones is 2.